The number of carbonyl (C=O) groups excluding carboxylic acids is 1. The molecule has 1 aromatic heterocycles. The summed E-state index contributed by atoms with van der Waals surface area (Å²) in [6.07, 6.45) is 0. The van der Waals surface area contributed by atoms with Gasteiger partial charge >= 0.3 is 0 Å². The molecule has 2 aromatic rings. The van der Waals surface area contributed by atoms with Crippen molar-refractivity contribution in [1.82, 2.24) is 5.32 Å². The molecule has 0 radical (unpaired) electrons. The number of hydrogen-bond acceptors (Lipinski definition) is 6. The molecule has 128 valence electrons. The van der Waals surface area contributed by atoms with E-state index in [0.717, 1.165) is 0 Å². The van der Waals surface area contributed by atoms with Crippen molar-refractivity contribution >= 4 is 27.1 Å². The minimum atomic E-state index is -3.69. The standard InChI is InChI=1S/C16H17NO5S2/c1-11(18)17-10-16(15-3-2-8-23-15)24(19,20)12-4-5-13-14(9-12)22-7-6-21-13/h2-5,8-9,16H,6-7,10H2,1H3,(H,17,18)/t16-/m1/s1. The smallest absolute Gasteiger partial charge is 0.216 e. The largest absolute Gasteiger partial charge is 0.486 e. The van der Waals surface area contributed by atoms with Gasteiger partial charge in [0.05, 0.1) is 4.90 Å². The first-order valence-corrected chi connectivity index (χ1v) is 9.82. The molecule has 1 atom stereocenters. The van der Waals surface area contributed by atoms with Crippen LogP contribution in [-0.4, -0.2) is 34.1 Å². The van der Waals surface area contributed by atoms with Gasteiger partial charge in [0.25, 0.3) is 0 Å². The Labute approximate surface area is 144 Å². The van der Waals surface area contributed by atoms with Gasteiger partial charge in [-0.05, 0) is 23.6 Å². The van der Waals surface area contributed by atoms with Crippen LogP contribution in [0.4, 0.5) is 0 Å². The number of benzene rings is 1. The molecule has 6 nitrogen and oxygen atoms in total. The monoisotopic (exact) mass is 367 g/mol. The lowest BCUT2D eigenvalue weighted by Crippen LogP contribution is -2.30. The van der Waals surface area contributed by atoms with Crippen LogP contribution in [-0.2, 0) is 14.6 Å². The number of hydrogen-bond donors (Lipinski definition) is 1. The number of ether oxygens (including phenoxy) is 2. The summed E-state index contributed by atoms with van der Waals surface area (Å²) in [4.78, 5) is 12.1. The summed E-state index contributed by atoms with van der Waals surface area (Å²) in [5.74, 6) is 0.690. The maximum atomic E-state index is 13.1. The van der Waals surface area contributed by atoms with E-state index >= 15 is 0 Å². The van der Waals surface area contributed by atoms with Gasteiger partial charge in [0.2, 0.25) is 5.91 Å². The topological polar surface area (TPSA) is 81.7 Å². The van der Waals surface area contributed by atoms with Crippen molar-refractivity contribution in [3.8, 4) is 11.5 Å². The SMILES string of the molecule is CC(=O)NC[C@H](c1cccs1)S(=O)(=O)c1ccc2c(c1)OCCO2. The lowest BCUT2D eigenvalue weighted by atomic mass is 10.3. The Bertz CT molecular complexity index is 830. The number of rotatable bonds is 5. The quantitative estimate of drug-likeness (QED) is 0.876. The van der Waals surface area contributed by atoms with Gasteiger partial charge in [-0.25, -0.2) is 8.42 Å². The van der Waals surface area contributed by atoms with Crippen molar-refractivity contribution in [2.75, 3.05) is 19.8 Å². The maximum Gasteiger partial charge on any atom is 0.216 e. The minimum Gasteiger partial charge on any atom is -0.486 e. The van der Waals surface area contributed by atoms with Crippen molar-refractivity contribution in [3.05, 3.63) is 40.6 Å². The third-order valence-corrected chi connectivity index (χ3v) is 6.83. The summed E-state index contributed by atoms with van der Waals surface area (Å²) < 4.78 is 37.1. The van der Waals surface area contributed by atoms with Crippen LogP contribution in [0.1, 0.15) is 17.1 Å². The molecule has 24 heavy (non-hydrogen) atoms. The van der Waals surface area contributed by atoms with Crippen LogP contribution in [0.25, 0.3) is 0 Å². The molecule has 0 bridgehead atoms. The molecular weight excluding hydrogens is 350 g/mol. The van der Waals surface area contributed by atoms with Crippen LogP contribution >= 0.6 is 11.3 Å². The zero-order valence-corrected chi connectivity index (χ0v) is 14.7. The van der Waals surface area contributed by atoms with E-state index in [1.807, 2.05) is 5.38 Å². The molecule has 8 heteroatoms. The molecule has 1 N–H and O–H groups in total. The van der Waals surface area contributed by atoms with E-state index in [-0.39, 0.29) is 17.3 Å². The highest BCUT2D eigenvalue weighted by atomic mass is 32.2. The first kappa shape index (κ1) is 16.8. The number of amides is 1. The lowest BCUT2D eigenvalue weighted by Gasteiger charge is -2.21. The summed E-state index contributed by atoms with van der Waals surface area (Å²) in [5.41, 5.74) is 0. The molecule has 0 saturated heterocycles. The fourth-order valence-electron chi connectivity index (χ4n) is 2.44. The normalized spacial score (nSPS) is 14.9. The molecule has 2 heterocycles. The average Bonchev–Trinajstić information content (AvgIpc) is 3.08. The van der Waals surface area contributed by atoms with Gasteiger partial charge in [0.1, 0.15) is 18.5 Å². The second-order valence-corrected chi connectivity index (χ2v) is 8.40. The van der Waals surface area contributed by atoms with Crippen molar-refractivity contribution in [2.45, 2.75) is 17.1 Å². The Morgan fingerprint density at radius 1 is 1.25 bits per heavy atom. The molecule has 3 rings (SSSR count). The summed E-state index contributed by atoms with van der Waals surface area (Å²) in [6.45, 7) is 2.21. The molecule has 0 saturated carbocycles. The first-order valence-electron chi connectivity index (χ1n) is 7.40. The zero-order chi connectivity index (χ0) is 17.2. The van der Waals surface area contributed by atoms with Crippen molar-refractivity contribution < 1.29 is 22.7 Å². The lowest BCUT2D eigenvalue weighted by molar-refractivity contribution is -0.118. The summed E-state index contributed by atoms with van der Waals surface area (Å²) in [5, 5.41) is 3.58. The van der Waals surface area contributed by atoms with Gasteiger partial charge in [0.15, 0.2) is 21.3 Å². The van der Waals surface area contributed by atoms with E-state index in [1.54, 1.807) is 18.2 Å². The third-order valence-electron chi connectivity index (χ3n) is 3.61. The van der Waals surface area contributed by atoms with Crippen LogP contribution < -0.4 is 14.8 Å². The zero-order valence-electron chi connectivity index (χ0n) is 13.0. The highest BCUT2D eigenvalue weighted by molar-refractivity contribution is 7.91. The van der Waals surface area contributed by atoms with Crippen molar-refractivity contribution in [2.24, 2.45) is 0 Å². The number of fused-ring (bicyclic) bond motifs is 1. The Kier molecular flexibility index (Phi) is 4.77. The summed E-state index contributed by atoms with van der Waals surface area (Å²) in [7, 11) is -3.69. The molecule has 0 unspecified atom stereocenters. The predicted molar refractivity (Wildman–Crippen MR) is 90.4 cm³/mol. The fraction of sp³-hybridized carbons (Fsp3) is 0.312. The molecule has 1 amide bonds. The maximum absolute atomic E-state index is 13.1. The highest BCUT2D eigenvalue weighted by Crippen LogP contribution is 2.37. The molecule has 0 spiro atoms. The first-order chi connectivity index (χ1) is 11.5. The number of nitrogens with one attached hydrogen (secondary N) is 1. The van der Waals surface area contributed by atoms with E-state index in [2.05, 4.69) is 5.32 Å². The van der Waals surface area contributed by atoms with Crippen LogP contribution in [0.3, 0.4) is 0 Å². The molecular formula is C16H17NO5S2. The average molecular weight is 367 g/mol. The third kappa shape index (κ3) is 3.39. The Balaban J connectivity index is 1.97. The second-order valence-electron chi connectivity index (χ2n) is 5.29. The highest BCUT2D eigenvalue weighted by Gasteiger charge is 2.31. The van der Waals surface area contributed by atoms with Crippen LogP contribution in [0.5, 0.6) is 11.5 Å². The predicted octanol–water partition coefficient (Wildman–Crippen LogP) is 2.17. The van der Waals surface area contributed by atoms with Crippen molar-refractivity contribution in [3.63, 3.8) is 0 Å². The second kappa shape index (κ2) is 6.82. The van der Waals surface area contributed by atoms with Gasteiger partial charge in [-0.3, -0.25) is 4.79 Å². The Morgan fingerprint density at radius 2 is 2.00 bits per heavy atom. The van der Waals surface area contributed by atoms with E-state index in [1.165, 1.54) is 30.4 Å². The molecule has 1 aromatic carbocycles. The van der Waals surface area contributed by atoms with Crippen LogP contribution in [0.15, 0.2) is 40.6 Å². The van der Waals surface area contributed by atoms with Gasteiger partial charge in [0, 0.05) is 24.4 Å². The van der Waals surface area contributed by atoms with Crippen molar-refractivity contribution in [1.29, 1.82) is 0 Å². The van der Waals surface area contributed by atoms with Gasteiger partial charge in [-0.2, -0.15) is 0 Å². The minimum absolute atomic E-state index is 0.0205. The van der Waals surface area contributed by atoms with Crippen LogP contribution in [0.2, 0.25) is 0 Å². The van der Waals surface area contributed by atoms with Gasteiger partial charge in [-0.1, -0.05) is 6.07 Å². The van der Waals surface area contributed by atoms with E-state index in [4.69, 9.17) is 9.47 Å². The van der Waals surface area contributed by atoms with E-state index in [0.29, 0.717) is 29.6 Å². The number of thiophene rings is 1. The Hall–Kier alpha value is -2.06. The molecule has 1 aliphatic heterocycles. The number of carbonyl (C=O) groups is 1. The summed E-state index contributed by atoms with van der Waals surface area (Å²) >= 11 is 1.35. The van der Waals surface area contributed by atoms with Gasteiger partial charge < -0.3 is 14.8 Å². The fourth-order valence-corrected chi connectivity index (χ4v) is 5.24. The van der Waals surface area contributed by atoms with Crippen LogP contribution in [0, 0.1) is 0 Å². The molecule has 0 aliphatic carbocycles. The Morgan fingerprint density at radius 3 is 2.67 bits per heavy atom. The number of sulfone groups is 1. The van der Waals surface area contributed by atoms with E-state index < -0.39 is 15.1 Å². The molecule has 0 fully saturated rings. The van der Waals surface area contributed by atoms with Gasteiger partial charge in [-0.15, -0.1) is 11.3 Å². The van der Waals surface area contributed by atoms with E-state index in [9.17, 15) is 13.2 Å². The molecule has 1 aliphatic rings. The summed E-state index contributed by atoms with van der Waals surface area (Å²) in [6, 6.07) is 8.15.